The molecule has 76 valence electrons. The third-order valence-electron chi connectivity index (χ3n) is 1.53. The minimum absolute atomic E-state index is 0.159. The van der Waals surface area contributed by atoms with Crippen LogP contribution in [0.25, 0.3) is 0 Å². The molecule has 6 nitrogen and oxygen atoms in total. The zero-order valence-electron chi connectivity index (χ0n) is 7.32. The van der Waals surface area contributed by atoms with Crippen molar-refractivity contribution in [1.29, 1.82) is 0 Å². The SMILES string of the molecule is O=C(O)/C=C/C(=O)NC(=O)NC1CC1. The number of carboxylic acids is 1. The van der Waals surface area contributed by atoms with Crippen molar-refractivity contribution in [2.75, 3.05) is 0 Å². The molecule has 6 heteroatoms. The average Bonchev–Trinajstić information content (AvgIpc) is 2.84. The van der Waals surface area contributed by atoms with Gasteiger partial charge in [0.05, 0.1) is 0 Å². The van der Waals surface area contributed by atoms with Gasteiger partial charge in [0.1, 0.15) is 0 Å². The Hall–Kier alpha value is -1.85. The summed E-state index contributed by atoms with van der Waals surface area (Å²) in [7, 11) is 0. The molecule has 0 atom stereocenters. The highest BCUT2D eigenvalue weighted by molar-refractivity contribution is 6.02. The van der Waals surface area contributed by atoms with E-state index in [1.54, 1.807) is 0 Å². The molecule has 0 aromatic rings. The van der Waals surface area contributed by atoms with Gasteiger partial charge in [0, 0.05) is 18.2 Å². The average molecular weight is 198 g/mol. The summed E-state index contributed by atoms with van der Waals surface area (Å²) >= 11 is 0. The molecule has 0 unspecified atom stereocenters. The summed E-state index contributed by atoms with van der Waals surface area (Å²) in [6.07, 6.45) is 3.30. The van der Waals surface area contributed by atoms with E-state index in [0.717, 1.165) is 18.9 Å². The third-order valence-corrected chi connectivity index (χ3v) is 1.53. The van der Waals surface area contributed by atoms with Crippen molar-refractivity contribution in [2.24, 2.45) is 0 Å². The minimum Gasteiger partial charge on any atom is -0.478 e. The van der Waals surface area contributed by atoms with Crippen molar-refractivity contribution in [3.05, 3.63) is 12.2 Å². The maximum Gasteiger partial charge on any atom is 0.328 e. The number of amides is 3. The highest BCUT2D eigenvalue weighted by Crippen LogP contribution is 2.18. The molecule has 0 aromatic carbocycles. The summed E-state index contributed by atoms with van der Waals surface area (Å²) in [5, 5.41) is 12.7. The topological polar surface area (TPSA) is 95.5 Å². The molecule has 1 aliphatic rings. The summed E-state index contributed by atoms with van der Waals surface area (Å²) in [5.41, 5.74) is 0. The third kappa shape index (κ3) is 4.24. The molecule has 0 aliphatic heterocycles. The Morgan fingerprint density at radius 3 is 2.36 bits per heavy atom. The smallest absolute Gasteiger partial charge is 0.328 e. The van der Waals surface area contributed by atoms with Crippen LogP contribution in [0.4, 0.5) is 4.79 Å². The first-order valence-corrected chi connectivity index (χ1v) is 4.10. The van der Waals surface area contributed by atoms with Crippen LogP contribution < -0.4 is 10.6 Å². The van der Waals surface area contributed by atoms with Crippen LogP contribution in [0.1, 0.15) is 12.8 Å². The zero-order valence-corrected chi connectivity index (χ0v) is 7.32. The van der Waals surface area contributed by atoms with Gasteiger partial charge in [-0.2, -0.15) is 0 Å². The predicted octanol–water partition coefficient (Wildman–Crippen LogP) is -0.385. The second-order valence-corrected chi connectivity index (χ2v) is 2.91. The highest BCUT2D eigenvalue weighted by Gasteiger charge is 2.23. The highest BCUT2D eigenvalue weighted by atomic mass is 16.4. The van der Waals surface area contributed by atoms with Crippen molar-refractivity contribution in [1.82, 2.24) is 10.6 Å². The second kappa shape index (κ2) is 4.40. The van der Waals surface area contributed by atoms with E-state index in [4.69, 9.17) is 5.11 Å². The molecule has 3 amide bonds. The maximum atomic E-state index is 10.9. The lowest BCUT2D eigenvalue weighted by Crippen LogP contribution is -2.39. The Balaban J connectivity index is 2.24. The van der Waals surface area contributed by atoms with Crippen LogP contribution in [0.15, 0.2) is 12.2 Å². The van der Waals surface area contributed by atoms with Gasteiger partial charge in [-0.1, -0.05) is 0 Å². The number of nitrogens with one attached hydrogen (secondary N) is 2. The molecule has 0 aromatic heterocycles. The van der Waals surface area contributed by atoms with E-state index < -0.39 is 17.9 Å². The number of urea groups is 1. The molecule has 14 heavy (non-hydrogen) atoms. The van der Waals surface area contributed by atoms with E-state index in [1.807, 2.05) is 5.32 Å². The van der Waals surface area contributed by atoms with Crippen molar-refractivity contribution in [2.45, 2.75) is 18.9 Å². The molecule has 0 spiro atoms. The molecule has 0 heterocycles. The summed E-state index contributed by atoms with van der Waals surface area (Å²) in [5.74, 6) is -1.98. The van der Waals surface area contributed by atoms with Crippen LogP contribution in [0.5, 0.6) is 0 Å². The zero-order chi connectivity index (χ0) is 10.6. The van der Waals surface area contributed by atoms with Gasteiger partial charge in [0.25, 0.3) is 5.91 Å². The van der Waals surface area contributed by atoms with Crippen molar-refractivity contribution in [3.63, 3.8) is 0 Å². The standard InChI is InChI=1S/C8H10N2O4/c11-6(3-4-7(12)13)10-8(14)9-5-1-2-5/h3-5H,1-2H2,(H,12,13)(H2,9,10,11,14)/b4-3+. The molecule has 1 aliphatic carbocycles. The molecule has 1 rings (SSSR count). The lowest BCUT2D eigenvalue weighted by Gasteiger charge is -2.01. The first kappa shape index (κ1) is 10.2. The van der Waals surface area contributed by atoms with Crippen LogP contribution in [-0.2, 0) is 9.59 Å². The molecular formula is C8H10N2O4. The van der Waals surface area contributed by atoms with E-state index in [0.29, 0.717) is 6.08 Å². The normalized spacial score (nSPS) is 15.1. The van der Waals surface area contributed by atoms with Crippen molar-refractivity contribution >= 4 is 17.9 Å². The largest absolute Gasteiger partial charge is 0.478 e. The molecular weight excluding hydrogens is 188 g/mol. The van der Waals surface area contributed by atoms with Gasteiger partial charge >= 0.3 is 12.0 Å². The number of hydrogen-bond acceptors (Lipinski definition) is 3. The fourth-order valence-electron chi connectivity index (χ4n) is 0.750. The van der Waals surface area contributed by atoms with Gasteiger partial charge in [0.15, 0.2) is 0 Å². The van der Waals surface area contributed by atoms with E-state index >= 15 is 0 Å². The Morgan fingerprint density at radius 2 is 1.86 bits per heavy atom. The maximum absolute atomic E-state index is 10.9. The molecule has 0 radical (unpaired) electrons. The molecule has 1 fully saturated rings. The van der Waals surface area contributed by atoms with E-state index in [2.05, 4.69) is 5.32 Å². The minimum atomic E-state index is -1.23. The number of carboxylic acid groups (broad SMARTS) is 1. The van der Waals surface area contributed by atoms with Crippen LogP contribution >= 0.6 is 0 Å². The van der Waals surface area contributed by atoms with Crippen molar-refractivity contribution < 1.29 is 19.5 Å². The van der Waals surface area contributed by atoms with Gasteiger partial charge in [-0.25, -0.2) is 9.59 Å². The Morgan fingerprint density at radius 1 is 1.21 bits per heavy atom. The molecule has 3 N–H and O–H groups in total. The summed E-state index contributed by atoms with van der Waals surface area (Å²) in [6.45, 7) is 0. The summed E-state index contributed by atoms with van der Waals surface area (Å²) in [4.78, 5) is 31.8. The fourth-order valence-corrected chi connectivity index (χ4v) is 0.750. The Kier molecular flexibility index (Phi) is 3.22. The fraction of sp³-hybridized carbons (Fsp3) is 0.375. The van der Waals surface area contributed by atoms with Gasteiger partial charge in [-0.05, 0) is 12.8 Å². The van der Waals surface area contributed by atoms with E-state index in [1.165, 1.54) is 0 Å². The Bertz CT molecular complexity index is 294. The second-order valence-electron chi connectivity index (χ2n) is 2.91. The number of carbonyl (C=O) groups excluding carboxylic acids is 2. The van der Waals surface area contributed by atoms with E-state index in [-0.39, 0.29) is 6.04 Å². The van der Waals surface area contributed by atoms with Gasteiger partial charge < -0.3 is 10.4 Å². The van der Waals surface area contributed by atoms with Gasteiger partial charge in [0.2, 0.25) is 0 Å². The van der Waals surface area contributed by atoms with E-state index in [9.17, 15) is 14.4 Å². The van der Waals surface area contributed by atoms with Crippen LogP contribution in [0.3, 0.4) is 0 Å². The summed E-state index contributed by atoms with van der Waals surface area (Å²) < 4.78 is 0. The molecule has 1 saturated carbocycles. The lowest BCUT2D eigenvalue weighted by atomic mass is 10.5. The summed E-state index contributed by atoms with van der Waals surface area (Å²) in [6, 6.07) is -0.432. The number of rotatable bonds is 3. The number of carbonyl (C=O) groups is 3. The first-order valence-electron chi connectivity index (χ1n) is 4.10. The first-order chi connectivity index (χ1) is 6.58. The lowest BCUT2D eigenvalue weighted by molar-refractivity contribution is -0.131. The number of hydrogen-bond donors (Lipinski definition) is 3. The monoisotopic (exact) mass is 198 g/mol. The van der Waals surface area contributed by atoms with Gasteiger partial charge in [-0.15, -0.1) is 0 Å². The Labute approximate surface area is 80.0 Å². The number of imide groups is 1. The van der Waals surface area contributed by atoms with Crippen molar-refractivity contribution in [3.8, 4) is 0 Å². The quantitative estimate of drug-likeness (QED) is 0.538. The predicted molar refractivity (Wildman–Crippen MR) is 46.5 cm³/mol. The molecule has 0 bridgehead atoms. The number of aliphatic carboxylic acids is 1. The van der Waals surface area contributed by atoms with Gasteiger partial charge in [-0.3, -0.25) is 10.1 Å². The van der Waals surface area contributed by atoms with Crippen LogP contribution in [-0.4, -0.2) is 29.1 Å². The van der Waals surface area contributed by atoms with Crippen LogP contribution in [0.2, 0.25) is 0 Å². The van der Waals surface area contributed by atoms with Crippen LogP contribution in [0, 0.1) is 0 Å². The molecule has 0 saturated heterocycles.